The number of nitrogens with one attached hydrogen (secondary N) is 2. The van der Waals surface area contributed by atoms with Gasteiger partial charge in [-0.15, -0.1) is 0 Å². The van der Waals surface area contributed by atoms with E-state index < -0.39 is 4.92 Å². The summed E-state index contributed by atoms with van der Waals surface area (Å²) in [5.41, 5.74) is 8.07. The van der Waals surface area contributed by atoms with Gasteiger partial charge in [0.2, 0.25) is 11.8 Å². The Kier molecular flexibility index (Phi) is 6.79. The Morgan fingerprint density at radius 2 is 2.04 bits per heavy atom. The standard InChI is InChI=1S/C19H25BrN6O2/c1-12-14(3-2-4-16(12)20)10-23-19-24-11-17(26(27)28)18(25-19)22-9-13-5-7-15(21)8-6-13/h2-4,11,13,15H,5-10,21H2,1H3,(H2,22,23,24,25)/t13-,15-. The van der Waals surface area contributed by atoms with Crippen molar-refractivity contribution in [2.45, 2.75) is 45.2 Å². The van der Waals surface area contributed by atoms with Gasteiger partial charge in [-0.3, -0.25) is 10.1 Å². The lowest BCUT2D eigenvalue weighted by Gasteiger charge is -2.26. The summed E-state index contributed by atoms with van der Waals surface area (Å²) in [5, 5.41) is 17.6. The van der Waals surface area contributed by atoms with Crippen molar-refractivity contribution in [2.24, 2.45) is 11.7 Å². The number of hydrogen-bond acceptors (Lipinski definition) is 7. The molecule has 4 N–H and O–H groups in total. The highest BCUT2D eigenvalue weighted by Crippen LogP contribution is 2.27. The van der Waals surface area contributed by atoms with Crippen LogP contribution in [-0.4, -0.2) is 27.5 Å². The van der Waals surface area contributed by atoms with Crippen LogP contribution >= 0.6 is 15.9 Å². The van der Waals surface area contributed by atoms with Gasteiger partial charge in [-0.2, -0.15) is 4.98 Å². The third-order valence-electron chi connectivity index (χ3n) is 5.23. The van der Waals surface area contributed by atoms with Crippen molar-refractivity contribution in [1.29, 1.82) is 0 Å². The predicted molar refractivity (Wildman–Crippen MR) is 113 cm³/mol. The number of rotatable bonds is 7. The number of anilines is 2. The van der Waals surface area contributed by atoms with Crippen molar-refractivity contribution in [3.63, 3.8) is 0 Å². The van der Waals surface area contributed by atoms with Crippen LogP contribution in [0.1, 0.15) is 36.8 Å². The van der Waals surface area contributed by atoms with Gasteiger partial charge in [-0.05, 0) is 55.7 Å². The van der Waals surface area contributed by atoms with Crippen molar-refractivity contribution in [2.75, 3.05) is 17.2 Å². The number of halogens is 1. The topological polar surface area (TPSA) is 119 Å². The Balaban J connectivity index is 1.68. The minimum absolute atomic E-state index is 0.114. The number of benzene rings is 1. The summed E-state index contributed by atoms with van der Waals surface area (Å²) in [5.74, 6) is 1.07. The van der Waals surface area contributed by atoms with Crippen LogP contribution in [0.2, 0.25) is 0 Å². The van der Waals surface area contributed by atoms with Gasteiger partial charge in [-0.1, -0.05) is 28.1 Å². The van der Waals surface area contributed by atoms with Crippen molar-refractivity contribution in [3.8, 4) is 0 Å². The highest BCUT2D eigenvalue weighted by molar-refractivity contribution is 9.10. The third kappa shape index (κ3) is 5.17. The molecule has 0 bridgehead atoms. The quantitative estimate of drug-likeness (QED) is 0.432. The molecule has 0 aliphatic heterocycles. The molecule has 0 spiro atoms. The number of nitro groups is 1. The first-order valence-corrected chi connectivity index (χ1v) is 10.2. The van der Waals surface area contributed by atoms with Crippen LogP contribution < -0.4 is 16.4 Å². The van der Waals surface area contributed by atoms with Crippen LogP contribution in [0.25, 0.3) is 0 Å². The molecule has 9 heteroatoms. The van der Waals surface area contributed by atoms with Crippen LogP contribution in [0.5, 0.6) is 0 Å². The second-order valence-electron chi connectivity index (χ2n) is 7.22. The molecule has 0 atom stereocenters. The predicted octanol–water partition coefficient (Wildman–Crippen LogP) is 4.00. The molecule has 0 amide bonds. The van der Waals surface area contributed by atoms with Crippen molar-refractivity contribution < 1.29 is 4.92 Å². The zero-order valence-electron chi connectivity index (χ0n) is 15.8. The molecule has 1 aromatic heterocycles. The molecule has 1 heterocycles. The van der Waals surface area contributed by atoms with Gasteiger partial charge in [-0.25, -0.2) is 4.98 Å². The summed E-state index contributed by atoms with van der Waals surface area (Å²) >= 11 is 3.52. The van der Waals surface area contributed by atoms with Gasteiger partial charge >= 0.3 is 5.69 Å². The third-order valence-corrected chi connectivity index (χ3v) is 6.09. The summed E-state index contributed by atoms with van der Waals surface area (Å²) in [6.07, 6.45) is 5.30. The lowest BCUT2D eigenvalue weighted by Crippen LogP contribution is -2.29. The molecule has 1 fully saturated rings. The largest absolute Gasteiger partial charge is 0.364 e. The fourth-order valence-corrected chi connectivity index (χ4v) is 3.78. The van der Waals surface area contributed by atoms with Crippen LogP contribution in [0.4, 0.5) is 17.5 Å². The zero-order chi connectivity index (χ0) is 20.1. The van der Waals surface area contributed by atoms with E-state index in [4.69, 9.17) is 5.73 Å². The van der Waals surface area contributed by atoms with Crippen molar-refractivity contribution >= 4 is 33.4 Å². The van der Waals surface area contributed by atoms with E-state index in [9.17, 15) is 10.1 Å². The molecule has 150 valence electrons. The molecule has 28 heavy (non-hydrogen) atoms. The SMILES string of the molecule is Cc1c(Br)cccc1CNc1ncc([N+](=O)[O-])c(NC[C@H]2CC[C@H](N)CC2)n1. The van der Waals surface area contributed by atoms with Gasteiger partial charge in [0, 0.05) is 23.6 Å². The van der Waals surface area contributed by atoms with Gasteiger partial charge in [0.1, 0.15) is 6.20 Å². The molecule has 1 aromatic carbocycles. The van der Waals surface area contributed by atoms with Crippen molar-refractivity contribution in [3.05, 3.63) is 50.1 Å². The molecule has 1 aliphatic rings. The smallest absolute Gasteiger partial charge is 0.329 e. The normalized spacial score (nSPS) is 19.2. The molecule has 1 saturated carbocycles. The first-order valence-electron chi connectivity index (χ1n) is 9.42. The molecule has 1 aliphatic carbocycles. The second-order valence-corrected chi connectivity index (χ2v) is 8.08. The molecule has 8 nitrogen and oxygen atoms in total. The minimum atomic E-state index is -0.457. The van der Waals surface area contributed by atoms with E-state index in [2.05, 4.69) is 36.5 Å². The monoisotopic (exact) mass is 448 g/mol. The summed E-state index contributed by atoms with van der Waals surface area (Å²) in [6.45, 7) is 3.21. The minimum Gasteiger partial charge on any atom is -0.364 e. The van der Waals surface area contributed by atoms with E-state index in [1.165, 1.54) is 6.20 Å². The van der Waals surface area contributed by atoms with Crippen LogP contribution in [-0.2, 0) is 6.54 Å². The van der Waals surface area contributed by atoms with Crippen LogP contribution in [0.3, 0.4) is 0 Å². The first kappa shape index (κ1) is 20.5. The molecule has 0 unspecified atom stereocenters. The summed E-state index contributed by atoms with van der Waals surface area (Å²) < 4.78 is 1.03. The first-order chi connectivity index (χ1) is 13.4. The average molecular weight is 449 g/mol. The Bertz CT molecular complexity index is 839. The summed E-state index contributed by atoms with van der Waals surface area (Å²) in [6, 6.07) is 6.25. The summed E-state index contributed by atoms with van der Waals surface area (Å²) in [7, 11) is 0. The second kappa shape index (κ2) is 9.29. The van der Waals surface area contributed by atoms with Gasteiger partial charge in [0.05, 0.1) is 4.92 Å². The van der Waals surface area contributed by atoms with Crippen molar-refractivity contribution in [1.82, 2.24) is 9.97 Å². The highest BCUT2D eigenvalue weighted by Gasteiger charge is 2.21. The lowest BCUT2D eigenvalue weighted by molar-refractivity contribution is -0.384. The van der Waals surface area contributed by atoms with Gasteiger partial charge < -0.3 is 16.4 Å². The number of hydrogen-bond donors (Lipinski definition) is 3. The highest BCUT2D eigenvalue weighted by atomic mass is 79.9. The maximum Gasteiger partial charge on any atom is 0.329 e. The lowest BCUT2D eigenvalue weighted by atomic mass is 9.86. The maximum absolute atomic E-state index is 11.3. The van der Waals surface area contributed by atoms with Gasteiger partial charge in [0.15, 0.2) is 0 Å². The fourth-order valence-electron chi connectivity index (χ4n) is 3.38. The van der Waals surface area contributed by atoms with Crippen LogP contribution in [0.15, 0.2) is 28.9 Å². The Hall–Kier alpha value is -2.26. The van der Waals surface area contributed by atoms with E-state index >= 15 is 0 Å². The van der Waals surface area contributed by atoms with E-state index in [0.717, 1.165) is 41.3 Å². The Morgan fingerprint density at radius 1 is 1.29 bits per heavy atom. The van der Waals surface area contributed by atoms with Crippen LogP contribution in [0, 0.1) is 23.0 Å². The van der Waals surface area contributed by atoms with E-state index in [1.807, 2.05) is 25.1 Å². The number of aromatic nitrogens is 2. The molecule has 3 rings (SSSR count). The van der Waals surface area contributed by atoms with E-state index in [-0.39, 0.29) is 17.5 Å². The molecular weight excluding hydrogens is 424 g/mol. The molecular formula is C19H25BrN6O2. The van der Waals surface area contributed by atoms with E-state index in [1.54, 1.807) is 0 Å². The Labute approximate surface area is 172 Å². The number of nitrogens with zero attached hydrogens (tertiary/aromatic N) is 3. The number of nitrogens with two attached hydrogens (primary N) is 1. The summed E-state index contributed by atoms with van der Waals surface area (Å²) in [4.78, 5) is 19.3. The van der Waals surface area contributed by atoms with Gasteiger partial charge in [0.25, 0.3) is 0 Å². The molecule has 2 aromatic rings. The van der Waals surface area contributed by atoms with E-state index in [0.29, 0.717) is 25.0 Å². The average Bonchev–Trinajstić information content (AvgIpc) is 2.68. The molecule has 0 saturated heterocycles. The molecule has 0 radical (unpaired) electrons. The maximum atomic E-state index is 11.3. The zero-order valence-corrected chi connectivity index (χ0v) is 17.4. The fraction of sp³-hybridized carbons (Fsp3) is 0.474. The Morgan fingerprint density at radius 3 is 2.75 bits per heavy atom.